The van der Waals surface area contributed by atoms with Crippen LogP contribution in [0.1, 0.15) is 72.0 Å². The number of fused-ring (bicyclic) bond motifs is 1. The van der Waals surface area contributed by atoms with Crippen LogP contribution in [0.5, 0.6) is 0 Å². The van der Waals surface area contributed by atoms with Crippen LogP contribution in [0.15, 0.2) is 60.7 Å². The highest BCUT2D eigenvalue weighted by molar-refractivity contribution is 6.04. The van der Waals surface area contributed by atoms with Crippen molar-refractivity contribution in [2.24, 2.45) is 5.92 Å². The van der Waals surface area contributed by atoms with Crippen molar-refractivity contribution >= 4 is 23.5 Å². The summed E-state index contributed by atoms with van der Waals surface area (Å²) in [5.74, 6) is -0.794. The lowest BCUT2D eigenvalue weighted by molar-refractivity contribution is -0.147. The second-order valence-corrected chi connectivity index (χ2v) is 11.3. The van der Waals surface area contributed by atoms with E-state index in [1.807, 2.05) is 81.4 Å². The van der Waals surface area contributed by atoms with E-state index in [9.17, 15) is 14.4 Å². The molecule has 0 aromatic heterocycles. The Bertz CT molecular complexity index is 1380. The van der Waals surface area contributed by atoms with E-state index in [4.69, 9.17) is 4.74 Å². The van der Waals surface area contributed by atoms with Crippen molar-refractivity contribution in [3.05, 3.63) is 88.5 Å². The minimum absolute atomic E-state index is 0.0277. The van der Waals surface area contributed by atoms with Crippen LogP contribution in [-0.4, -0.2) is 35.8 Å². The molecule has 0 fully saturated rings. The van der Waals surface area contributed by atoms with Crippen LogP contribution in [0.4, 0.5) is 5.69 Å². The van der Waals surface area contributed by atoms with Crippen LogP contribution in [0, 0.1) is 12.8 Å². The Balaban J connectivity index is 1.53. The van der Waals surface area contributed by atoms with Crippen molar-refractivity contribution in [3.8, 4) is 11.1 Å². The van der Waals surface area contributed by atoms with E-state index in [2.05, 4.69) is 26.1 Å². The van der Waals surface area contributed by atoms with E-state index in [0.29, 0.717) is 23.4 Å². The molecule has 0 spiro atoms. The van der Waals surface area contributed by atoms with Gasteiger partial charge >= 0.3 is 5.97 Å². The first-order chi connectivity index (χ1) is 17.9. The third-order valence-electron chi connectivity index (χ3n) is 7.16. The highest BCUT2D eigenvalue weighted by Gasteiger charge is 2.38. The number of amides is 2. The van der Waals surface area contributed by atoms with Crippen LogP contribution in [-0.2, 0) is 21.5 Å². The van der Waals surface area contributed by atoms with Crippen molar-refractivity contribution in [2.45, 2.75) is 59.5 Å². The zero-order valence-corrected chi connectivity index (χ0v) is 23.2. The van der Waals surface area contributed by atoms with Gasteiger partial charge in [-0.2, -0.15) is 0 Å². The lowest BCUT2D eigenvalue weighted by Crippen LogP contribution is -2.45. The molecule has 1 heterocycles. The highest BCUT2D eigenvalue weighted by atomic mass is 16.5. The van der Waals surface area contributed by atoms with Crippen LogP contribution >= 0.6 is 0 Å². The van der Waals surface area contributed by atoms with Gasteiger partial charge in [0, 0.05) is 23.4 Å². The Hall–Kier alpha value is -3.93. The summed E-state index contributed by atoms with van der Waals surface area (Å²) in [5, 5.41) is 2.99. The lowest BCUT2D eigenvalue weighted by atomic mass is 9.86. The first-order valence-corrected chi connectivity index (χ1v) is 13.0. The molecule has 6 nitrogen and oxygen atoms in total. The van der Waals surface area contributed by atoms with Crippen LogP contribution in [0.2, 0.25) is 0 Å². The Morgan fingerprint density at radius 2 is 1.63 bits per heavy atom. The molecule has 198 valence electrons. The smallest absolute Gasteiger partial charge is 0.328 e. The van der Waals surface area contributed by atoms with Gasteiger partial charge < -0.3 is 15.0 Å². The minimum Gasteiger partial charge on any atom is -0.467 e. The molecule has 0 saturated heterocycles. The average Bonchev–Trinajstić information content (AvgIpc) is 3.18. The maximum absolute atomic E-state index is 13.3. The molecule has 0 radical (unpaired) electrons. The number of benzene rings is 3. The lowest BCUT2D eigenvalue weighted by Gasteiger charge is -2.28. The highest BCUT2D eigenvalue weighted by Crippen LogP contribution is 2.33. The van der Waals surface area contributed by atoms with Gasteiger partial charge in [-0.25, -0.2) is 4.79 Å². The summed E-state index contributed by atoms with van der Waals surface area (Å²) in [6, 6.07) is 18.7. The predicted molar refractivity (Wildman–Crippen MR) is 150 cm³/mol. The van der Waals surface area contributed by atoms with Gasteiger partial charge in [-0.15, -0.1) is 0 Å². The first-order valence-electron chi connectivity index (χ1n) is 13.0. The summed E-state index contributed by atoms with van der Waals surface area (Å²) in [4.78, 5) is 40.1. The number of nitrogens with one attached hydrogen (secondary N) is 1. The van der Waals surface area contributed by atoms with E-state index >= 15 is 0 Å². The van der Waals surface area contributed by atoms with Crippen LogP contribution in [0.25, 0.3) is 11.1 Å². The summed E-state index contributed by atoms with van der Waals surface area (Å²) >= 11 is 0. The predicted octanol–water partition coefficient (Wildman–Crippen LogP) is 6.37. The molecule has 2 amide bonds. The standard InChI is InChI=1S/C32H36N2O4/c1-19(2)28(31(37)38-7)34-18-23-9-8-22(17-27(23)30(34)36)26-15-14-25(16-20(26)3)33-29(35)21-10-12-24(13-11-21)32(4,5)6/h8-17,19,28H,18H2,1-7H3,(H,33,35)/t28-/m0/s1. The zero-order valence-electron chi connectivity index (χ0n) is 23.2. The second-order valence-electron chi connectivity index (χ2n) is 11.3. The first kappa shape index (κ1) is 27.1. The van der Waals surface area contributed by atoms with Gasteiger partial charge in [-0.3, -0.25) is 9.59 Å². The number of carbonyl (C=O) groups is 3. The van der Waals surface area contributed by atoms with Crippen molar-refractivity contribution in [1.29, 1.82) is 0 Å². The molecule has 38 heavy (non-hydrogen) atoms. The Kier molecular flexibility index (Phi) is 7.45. The maximum Gasteiger partial charge on any atom is 0.328 e. The molecule has 1 aliphatic rings. The number of ether oxygens (including phenoxy) is 1. The molecule has 0 bridgehead atoms. The van der Waals surface area contributed by atoms with Crippen LogP contribution in [0.3, 0.4) is 0 Å². The molecule has 1 N–H and O–H groups in total. The Morgan fingerprint density at radius 1 is 0.947 bits per heavy atom. The third kappa shape index (κ3) is 5.35. The van der Waals surface area contributed by atoms with E-state index in [1.54, 1.807) is 4.90 Å². The van der Waals surface area contributed by atoms with Gasteiger partial charge in [0.2, 0.25) is 0 Å². The summed E-state index contributed by atoms with van der Waals surface area (Å²) in [6.07, 6.45) is 0. The van der Waals surface area contributed by atoms with Crippen molar-refractivity contribution in [3.63, 3.8) is 0 Å². The zero-order chi connectivity index (χ0) is 27.8. The molecular formula is C32H36N2O4. The average molecular weight is 513 g/mol. The van der Waals surface area contributed by atoms with Crippen molar-refractivity contribution < 1.29 is 19.1 Å². The fourth-order valence-electron chi connectivity index (χ4n) is 4.99. The summed E-state index contributed by atoms with van der Waals surface area (Å²) in [5.41, 5.74) is 6.87. The summed E-state index contributed by atoms with van der Waals surface area (Å²) in [7, 11) is 1.35. The number of anilines is 1. The number of carbonyl (C=O) groups excluding carboxylic acids is 3. The van der Waals surface area contributed by atoms with Gasteiger partial charge in [0.15, 0.2) is 0 Å². The van der Waals surface area contributed by atoms with E-state index in [1.165, 1.54) is 12.7 Å². The summed E-state index contributed by atoms with van der Waals surface area (Å²) < 4.78 is 4.96. The van der Waals surface area contributed by atoms with E-state index in [0.717, 1.165) is 22.3 Å². The van der Waals surface area contributed by atoms with Gasteiger partial charge in [-0.05, 0) is 76.4 Å². The topological polar surface area (TPSA) is 75.7 Å². The number of esters is 1. The molecule has 0 unspecified atom stereocenters. The molecule has 3 aromatic carbocycles. The van der Waals surface area contributed by atoms with Gasteiger partial charge in [0.25, 0.3) is 11.8 Å². The summed E-state index contributed by atoms with van der Waals surface area (Å²) in [6.45, 7) is 12.6. The van der Waals surface area contributed by atoms with Gasteiger partial charge in [-0.1, -0.05) is 65.0 Å². The molecule has 4 rings (SSSR count). The quantitative estimate of drug-likeness (QED) is 0.390. The Morgan fingerprint density at radius 3 is 2.21 bits per heavy atom. The fourth-order valence-corrected chi connectivity index (χ4v) is 4.99. The maximum atomic E-state index is 13.3. The number of hydrogen-bond acceptors (Lipinski definition) is 4. The fraction of sp³-hybridized carbons (Fsp3) is 0.344. The number of aryl methyl sites for hydroxylation is 1. The molecule has 0 saturated carbocycles. The molecule has 3 aromatic rings. The minimum atomic E-state index is -0.627. The molecule has 1 atom stereocenters. The third-order valence-corrected chi connectivity index (χ3v) is 7.16. The van der Waals surface area contributed by atoms with E-state index < -0.39 is 12.0 Å². The van der Waals surface area contributed by atoms with Gasteiger partial charge in [0.1, 0.15) is 6.04 Å². The molecule has 0 aliphatic carbocycles. The molecular weight excluding hydrogens is 476 g/mol. The van der Waals surface area contributed by atoms with Gasteiger partial charge in [0.05, 0.1) is 7.11 Å². The molecule has 1 aliphatic heterocycles. The van der Waals surface area contributed by atoms with Crippen molar-refractivity contribution in [2.75, 3.05) is 12.4 Å². The monoisotopic (exact) mass is 512 g/mol. The van der Waals surface area contributed by atoms with Crippen LogP contribution < -0.4 is 5.32 Å². The number of nitrogens with zero attached hydrogens (tertiary/aromatic N) is 1. The number of rotatable bonds is 6. The number of hydrogen-bond donors (Lipinski definition) is 1. The Labute approximate surface area is 225 Å². The second kappa shape index (κ2) is 10.4. The largest absolute Gasteiger partial charge is 0.467 e. The van der Waals surface area contributed by atoms with Crippen molar-refractivity contribution in [1.82, 2.24) is 4.90 Å². The SMILES string of the molecule is COC(=O)[C@H](C(C)C)N1Cc2ccc(-c3ccc(NC(=O)c4ccc(C(C)(C)C)cc4)cc3C)cc2C1=O. The van der Waals surface area contributed by atoms with E-state index in [-0.39, 0.29) is 23.1 Å². The molecule has 6 heteroatoms. The number of methoxy groups -OCH3 is 1. The normalized spacial score (nSPS) is 13.9.